The van der Waals surface area contributed by atoms with Gasteiger partial charge in [0.05, 0.1) is 12.8 Å². The van der Waals surface area contributed by atoms with Gasteiger partial charge in [-0.25, -0.2) is 0 Å². The quantitative estimate of drug-likeness (QED) is 0.875. The van der Waals surface area contributed by atoms with E-state index in [1.165, 1.54) is 11.8 Å². The highest BCUT2D eigenvalue weighted by Gasteiger charge is 2.20. The molecular weight excluding hydrogens is 268 g/mol. The smallest absolute Gasteiger partial charge is 0.240 e. The van der Waals surface area contributed by atoms with E-state index in [0.717, 1.165) is 12.0 Å². The van der Waals surface area contributed by atoms with E-state index < -0.39 is 0 Å². The zero-order chi connectivity index (χ0) is 16.0. The molecule has 0 aliphatic carbocycles. The average Bonchev–Trinajstić information content (AvgIpc) is 2.44. The number of nitrogens with zero attached hydrogens (tertiary/aromatic N) is 1. The molecule has 0 aromatic heterocycles. The van der Waals surface area contributed by atoms with Crippen LogP contribution in [-0.4, -0.2) is 31.5 Å². The minimum Gasteiger partial charge on any atom is -0.495 e. The van der Waals surface area contributed by atoms with Crippen LogP contribution in [0, 0.1) is 6.92 Å². The molecule has 5 heteroatoms. The van der Waals surface area contributed by atoms with Crippen molar-refractivity contribution in [1.29, 1.82) is 0 Å². The third kappa shape index (κ3) is 4.77. The molecule has 0 heterocycles. The maximum atomic E-state index is 12.0. The lowest BCUT2D eigenvalue weighted by atomic mass is 10.2. The Labute approximate surface area is 126 Å². The van der Waals surface area contributed by atoms with Crippen molar-refractivity contribution in [2.45, 2.75) is 40.2 Å². The Morgan fingerprint density at radius 2 is 2.05 bits per heavy atom. The molecule has 0 spiro atoms. The molecule has 2 amide bonds. The van der Waals surface area contributed by atoms with E-state index in [4.69, 9.17) is 4.74 Å². The summed E-state index contributed by atoms with van der Waals surface area (Å²) in [6.45, 7) is 7.29. The summed E-state index contributed by atoms with van der Waals surface area (Å²) in [5, 5.41) is 2.86. The molecule has 1 aromatic carbocycles. The van der Waals surface area contributed by atoms with Crippen molar-refractivity contribution in [3.63, 3.8) is 0 Å². The molecule has 0 radical (unpaired) electrons. The molecule has 1 N–H and O–H groups in total. The molecule has 1 rings (SSSR count). The van der Waals surface area contributed by atoms with Crippen LogP contribution in [-0.2, 0) is 9.59 Å². The molecule has 1 atom stereocenters. The summed E-state index contributed by atoms with van der Waals surface area (Å²) in [4.78, 5) is 25.4. The minimum absolute atomic E-state index is 0.0144. The summed E-state index contributed by atoms with van der Waals surface area (Å²) in [6.07, 6.45) is 0.847. The number of hydrogen-bond donors (Lipinski definition) is 1. The van der Waals surface area contributed by atoms with E-state index in [1.807, 2.05) is 32.9 Å². The van der Waals surface area contributed by atoms with Gasteiger partial charge in [-0.05, 0) is 38.0 Å². The fraction of sp³-hybridized carbons (Fsp3) is 0.500. The van der Waals surface area contributed by atoms with E-state index in [-0.39, 0.29) is 24.4 Å². The van der Waals surface area contributed by atoms with Crippen LogP contribution in [0.1, 0.15) is 32.8 Å². The van der Waals surface area contributed by atoms with Crippen LogP contribution in [0.25, 0.3) is 0 Å². The Kier molecular flexibility index (Phi) is 6.21. The molecule has 21 heavy (non-hydrogen) atoms. The van der Waals surface area contributed by atoms with Gasteiger partial charge in [0.25, 0.3) is 0 Å². The first-order valence-corrected chi connectivity index (χ1v) is 7.11. The number of nitrogens with one attached hydrogen (secondary N) is 1. The van der Waals surface area contributed by atoms with E-state index >= 15 is 0 Å². The standard InChI is InChI=1S/C16H24N2O3/c1-6-12(3)17-16(20)10-18(13(4)19)14-9-11(2)7-8-15(14)21-5/h7-9,12H,6,10H2,1-5H3,(H,17,20). The number of benzene rings is 1. The maximum absolute atomic E-state index is 12.0. The third-order valence-corrected chi connectivity index (χ3v) is 3.33. The van der Waals surface area contributed by atoms with Gasteiger partial charge in [0.2, 0.25) is 11.8 Å². The number of carbonyl (C=O) groups excluding carboxylic acids is 2. The number of carbonyl (C=O) groups is 2. The molecule has 0 aliphatic heterocycles. The topological polar surface area (TPSA) is 58.6 Å². The van der Waals surface area contributed by atoms with Crippen molar-refractivity contribution < 1.29 is 14.3 Å². The Bertz CT molecular complexity index is 514. The first kappa shape index (κ1) is 17.0. The Morgan fingerprint density at radius 3 is 2.57 bits per heavy atom. The summed E-state index contributed by atoms with van der Waals surface area (Å²) in [6, 6.07) is 5.63. The lowest BCUT2D eigenvalue weighted by Gasteiger charge is -2.24. The first-order chi connectivity index (χ1) is 9.88. The second-order valence-electron chi connectivity index (χ2n) is 5.16. The van der Waals surface area contributed by atoms with Crippen molar-refractivity contribution in [2.75, 3.05) is 18.6 Å². The number of hydrogen-bond acceptors (Lipinski definition) is 3. The molecule has 0 bridgehead atoms. The summed E-state index contributed by atoms with van der Waals surface area (Å²) in [5.41, 5.74) is 1.61. The lowest BCUT2D eigenvalue weighted by Crippen LogP contribution is -2.42. The second-order valence-corrected chi connectivity index (χ2v) is 5.16. The Hall–Kier alpha value is -2.04. The highest BCUT2D eigenvalue weighted by atomic mass is 16.5. The van der Waals surface area contributed by atoms with Crippen LogP contribution < -0.4 is 15.0 Å². The zero-order valence-corrected chi connectivity index (χ0v) is 13.4. The number of amides is 2. The fourth-order valence-electron chi connectivity index (χ4n) is 1.94. The highest BCUT2D eigenvalue weighted by molar-refractivity contribution is 5.98. The summed E-state index contributed by atoms with van der Waals surface area (Å²) in [5.74, 6) is 0.202. The summed E-state index contributed by atoms with van der Waals surface area (Å²) in [7, 11) is 1.55. The van der Waals surface area contributed by atoms with Crippen molar-refractivity contribution in [3.05, 3.63) is 23.8 Å². The van der Waals surface area contributed by atoms with Gasteiger partial charge in [-0.1, -0.05) is 13.0 Å². The van der Waals surface area contributed by atoms with Crippen LogP contribution in [0.5, 0.6) is 5.75 Å². The monoisotopic (exact) mass is 292 g/mol. The minimum atomic E-state index is -0.196. The molecule has 1 aromatic rings. The number of aryl methyl sites for hydroxylation is 1. The predicted octanol–water partition coefficient (Wildman–Crippen LogP) is 2.27. The number of rotatable bonds is 6. The molecule has 0 saturated carbocycles. The summed E-state index contributed by atoms with van der Waals surface area (Å²) < 4.78 is 5.29. The molecule has 5 nitrogen and oxygen atoms in total. The van der Waals surface area contributed by atoms with Crippen molar-refractivity contribution in [1.82, 2.24) is 5.32 Å². The average molecular weight is 292 g/mol. The normalized spacial score (nSPS) is 11.7. The van der Waals surface area contributed by atoms with Crippen LogP contribution in [0.3, 0.4) is 0 Å². The van der Waals surface area contributed by atoms with Crippen LogP contribution in [0.4, 0.5) is 5.69 Å². The van der Waals surface area contributed by atoms with E-state index in [2.05, 4.69) is 5.32 Å². The van der Waals surface area contributed by atoms with Gasteiger partial charge in [0.15, 0.2) is 0 Å². The number of anilines is 1. The van der Waals surface area contributed by atoms with Crippen LogP contribution >= 0.6 is 0 Å². The molecule has 1 unspecified atom stereocenters. The van der Waals surface area contributed by atoms with E-state index in [9.17, 15) is 9.59 Å². The molecular formula is C16H24N2O3. The van der Waals surface area contributed by atoms with E-state index in [1.54, 1.807) is 13.2 Å². The fourth-order valence-corrected chi connectivity index (χ4v) is 1.94. The Morgan fingerprint density at radius 1 is 1.38 bits per heavy atom. The second kappa shape index (κ2) is 7.67. The highest BCUT2D eigenvalue weighted by Crippen LogP contribution is 2.29. The predicted molar refractivity (Wildman–Crippen MR) is 83.7 cm³/mol. The lowest BCUT2D eigenvalue weighted by molar-refractivity contribution is -0.123. The van der Waals surface area contributed by atoms with Gasteiger partial charge in [-0.3, -0.25) is 14.5 Å². The summed E-state index contributed by atoms with van der Waals surface area (Å²) >= 11 is 0. The number of methoxy groups -OCH3 is 1. The molecule has 0 fully saturated rings. The van der Waals surface area contributed by atoms with Crippen LogP contribution in [0.15, 0.2) is 18.2 Å². The SMILES string of the molecule is CCC(C)NC(=O)CN(C(C)=O)c1cc(C)ccc1OC. The Balaban J connectivity index is 3.00. The first-order valence-electron chi connectivity index (χ1n) is 7.11. The van der Waals surface area contributed by atoms with Crippen molar-refractivity contribution >= 4 is 17.5 Å². The molecule has 0 saturated heterocycles. The van der Waals surface area contributed by atoms with Gasteiger partial charge in [0, 0.05) is 13.0 Å². The van der Waals surface area contributed by atoms with Gasteiger partial charge >= 0.3 is 0 Å². The van der Waals surface area contributed by atoms with Gasteiger partial charge in [-0.2, -0.15) is 0 Å². The van der Waals surface area contributed by atoms with Crippen molar-refractivity contribution in [2.24, 2.45) is 0 Å². The number of ether oxygens (including phenoxy) is 1. The zero-order valence-electron chi connectivity index (χ0n) is 13.4. The van der Waals surface area contributed by atoms with Crippen LogP contribution in [0.2, 0.25) is 0 Å². The van der Waals surface area contributed by atoms with E-state index in [0.29, 0.717) is 11.4 Å². The van der Waals surface area contributed by atoms with Gasteiger partial charge < -0.3 is 10.1 Å². The largest absolute Gasteiger partial charge is 0.495 e. The van der Waals surface area contributed by atoms with Gasteiger partial charge in [0.1, 0.15) is 12.3 Å². The maximum Gasteiger partial charge on any atom is 0.240 e. The molecule has 0 aliphatic rings. The van der Waals surface area contributed by atoms with Crippen molar-refractivity contribution in [3.8, 4) is 5.75 Å². The third-order valence-electron chi connectivity index (χ3n) is 3.33. The van der Waals surface area contributed by atoms with Gasteiger partial charge in [-0.15, -0.1) is 0 Å². The molecule has 116 valence electrons.